The van der Waals surface area contributed by atoms with Crippen LogP contribution in [0.25, 0.3) is 0 Å². The number of benzene rings is 2. The molecule has 0 aliphatic carbocycles. The van der Waals surface area contributed by atoms with Gasteiger partial charge >= 0.3 is 6.09 Å². The molecule has 23 heavy (non-hydrogen) atoms. The number of alkyl carbamates (subject to hydrolysis) is 1. The molecule has 2 aromatic carbocycles. The predicted octanol–water partition coefficient (Wildman–Crippen LogP) is 2.63. The summed E-state index contributed by atoms with van der Waals surface area (Å²) in [5.74, 6) is -0.227. The number of carbonyl (C=O) groups excluding carboxylic acids is 2. The van der Waals surface area contributed by atoms with E-state index in [4.69, 9.17) is 4.74 Å². The van der Waals surface area contributed by atoms with Gasteiger partial charge in [0.15, 0.2) is 0 Å². The minimum Gasteiger partial charge on any atom is -0.445 e. The molecule has 0 bridgehead atoms. The molecule has 0 radical (unpaired) electrons. The summed E-state index contributed by atoms with van der Waals surface area (Å²) in [7, 11) is 0. The summed E-state index contributed by atoms with van der Waals surface area (Å²) in [6.07, 6.45) is -0.516. The Balaban J connectivity index is 1.64. The molecule has 2 amide bonds. The van der Waals surface area contributed by atoms with Crippen LogP contribution in [0.1, 0.15) is 15.9 Å². The first kappa shape index (κ1) is 16.9. The first-order valence-electron chi connectivity index (χ1n) is 7.17. The molecule has 0 aliphatic heterocycles. The third kappa shape index (κ3) is 5.67. The van der Waals surface area contributed by atoms with Gasteiger partial charge in [0, 0.05) is 18.0 Å². The smallest absolute Gasteiger partial charge is 0.407 e. The molecule has 6 heteroatoms. The third-order valence-corrected chi connectivity index (χ3v) is 3.43. The van der Waals surface area contributed by atoms with Crippen LogP contribution in [-0.2, 0) is 11.3 Å². The molecule has 0 heterocycles. The number of hydrogen-bond donors (Lipinski definition) is 3. The Kier molecular flexibility index (Phi) is 6.50. The van der Waals surface area contributed by atoms with E-state index in [1.807, 2.05) is 36.4 Å². The summed E-state index contributed by atoms with van der Waals surface area (Å²) in [4.78, 5) is 24.1. The van der Waals surface area contributed by atoms with E-state index < -0.39 is 6.09 Å². The van der Waals surface area contributed by atoms with E-state index in [-0.39, 0.29) is 19.1 Å². The number of ether oxygens (including phenoxy) is 1. The molecule has 0 saturated heterocycles. The Morgan fingerprint density at radius 2 is 1.57 bits per heavy atom. The fraction of sp³-hybridized carbons (Fsp3) is 0.176. The monoisotopic (exact) mass is 330 g/mol. The second-order valence-electron chi connectivity index (χ2n) is 4.76. The van der Waals surface area contributed by atoms with E-state index >= 15 is 0 Å². The van der Waals surface area contributed by atoms with Crippen LogP contribution < -0.4 is 10.6 Å². The second-order valence-corrected chi connectivity index (χ2v) is 5.24. The molecular formula is C17H18N2O3S. The molecule has 0 fully saturated rings. The van der Waals surface area contributed by atoms with E-state index in [9.17, 15) is 9.59 Å². The molecule has 2 rings (SSSR count). The van der Waals surface area contributed by atoms with Crippen LogP contribution in [0.4, 0.5) is 4.79 Å². The quantitative estimate of drug-likeness (QED) is 0.563. The molecule has 0 unspecified atom stereocenters. The summed E-state index contributed by atoms with van der Waals surface area (Å²) < 4.78 is 5.06. The van der Waals surface area contributed by atoms with Gasteiger partial charge in [-0.1, -0.05) is 42.5 Å². The number of rotatable bonds is 6. The van der Waals surface area contributed by atoms with Gasteiger partial charge in [-0.3, -0.25) is 4.79 Å². The third-order valence-electron chi connectivity index (χ3n) is 3.04. The minimum absolute atomic E-state index is 0.214. The summed E-state index contributed by atoms with van der Waals surface area (Å²) in [6.45, 7) is 0.807. The van der Waals surface area contributed by atoms with E-state index in [0.29, 0.717) is 17.0 Å². The lowest BCUT2D eigenvalue weighted by Crippen LogP contribution is -2.35. The average molecular weight is 330 g/mol. The predicted molar refractivity (Wildman–Crippen MR) is 90.7 cm³/mol. The number of hydrogen-bond acceptors (Lipinski definition) is 4. The van der Waals surface area contributed by atoms with Crippen molar-refractivity contribution >= 4 is 24.6 Å². The van der Waals surface area contributed by atoms with Gasteiger partial charge in [-0.15, -0.1) is 12.6 Å². The van der Waals surface area contributed by atoms with E-state index in [1.54, 1.807) is 18.2 Å². The molecule has 0 aliphatic rings. The van der Waals surface area contributed by atoms with Crippen molar-refractivity contribution < 1.29 is 14.3 Å². The van der Waals surface area contributed by atoms with E-state index in [0.717, 1.165) is 5.56 Å². The first-order valence-corrected chi connectivity index (χ1v) is 7.62. The fourth-order valence-electron chi connectivity index (χ4n) is 1.88. The van der Waals surface area contributed by atoms with Crippen LogP contribution in [0.3, 0.4) is 0 Å². The van der Waals surface area contributed by atoms with E-state index in [2.05, 4.69) is 23.3 Å². The molecule has 2 N–H and O–H groups in total. The summed E-state index contributed by atoms with van der Waals surface area (Å²) in [5.41, 5.74) is 1.42. The molecule has 2 aromatic rings. The number of thiol groups is 1. The maximum absolute atomic E-state index is 11.9. The SMILES string of the molecule is O=C(NCCNC(=O)c1ccccc1S)OCc1ccccc1. The highest BCUT2D eigenvalue weighted by Crippen LogP contribution is 2.12. The number of nitrogens with one attached hydrogen (secondary N) is 2. The van der Waals surface area contributed by atoms with Crippen LogP contribution in [-0.4, -0.2) is 25.1 Å². The van der Waals surface area contributed by atoms with Crippen molar-refractivity contribution in [2.75, 3.05) is 13.1 Å². The van der Waals surface area contributed by atoms with Crippen molar-refractivity contribution in [1.29, 1.82) is 0 Å². The summed E-state index contributed by atoms with van der Waals surface area (Å²) in [5, 5.41) is 5.29. The van der Waals surface area contributed by atoms with Crippen LogP contribution in [0.15, 0.2) is 59.5 Å². The Bertz CT molecular complexity index is 662. The van der Waals surface area contributed by atoms with E-state index in [1.165, 1.54) is 0 Å². The Morgan fingerprint density at radius 3 is 2.30 bits per heavy atom. The Hall–Kier alpha value is -2.47. The van der Waals surface area contributed by atoms with Gasteiger partial charge in [0.2, 0.25) is 0 Å². The molecule has 0 saturated carbocycles. The lowest BCUT2D eigenvalue weighted by molar-refractivity contribution is 0.0949. The summed E-state index contributed by atoms with van der Waals surface area (Å²) in [6, 6.07) is 16.4. The van der Waals surface area contributed by atoms with Crippen molar-refractivity contribution in [2.24, 2.45) is 0 Å². The van der Waals surface area contributed by atoms with Crippen LogP contribution >= 0.6 is 12.6 Å². The van der Waals surface area contributed by atoms with Crippen LogP contribution in [0.5, 0.6) is 0 Å². The maximum Gasteiger partial charge on any atom is 0.407 e. The zero-order valence-corrected chi connectivity index (χ0v) is 13.4. The largest absolute Gasteiger partial charge is 0.445 e. The van der Waals surface area contributed by atoms with Crippen LogP contribution in [0.2, 0.25) is 0 Å². The fourth-order valence-corrected chi connectivity index (χ4v) is 2.14. The standard InChI is InChI=1S/C17H18N2O3S/c20-16(14-8-4-5-9-15(14)23)18-10-11-19-17(21)22-12-13-6-2-1-3-7-13/h1-9,23H,10-12H2,(H,18,20)(H,19,21). The Morgan fingerprint density at radius 1 is 0.913 bits per heavy atom. The van der Waals surface area contributed by atoms with Gasteiger partial charge in [0.1, 0.15) is 6.61 Å². The highest BCUT2D eigenvalue weighted by Gasteiger charge is 2.08. The Labute approximate surface area is 140 Å². The van der Waals surface area contributed by atoms with Gasteiger partial charge < -0.3 is 15.4 Å². The normalized spacial score (nSPS) is 9.96. The zero-order chi connectivity index (χ0) is 16.5. The van der Waals surface area contributed by atoms with Crippen molar-refractivity contribution in [2.45, 2.75) is 11.5 Å². The van der Waals surface area contributed by atoms with Crippen molar-refractivity contribution in [3.63, 3.8) is 0 Å². The van der Waals surface area contributed by atoms with Crippen molar-refractivity contribution in [1.82, 2.24) is 10.6 Å². The topological polar surface area (TPSA) is 67.4 Å². The van der Waals surface area contributed by atoms with Gasteiger partial charge in [-0.2, -0.15) is 0 Å². The first-order chi connectivity index (χ1) is 11.2. The number of amides is 2. The molecule has 0 atom stereocenters. The van der Waals surface area contributed by atoms with Gasteiger partial charge in [-0.05, 0) is 17.7 Å². The number of carbonyl (C=O) groups is 2. The average Bonchev–Trinajstić information content (AvgIpc) is 2.58. The molecule has 120 valence electrons. The van der Waals surface area contributed by atoms with Gasteiger partial charge in [-0.25, -0.2) is 4.79 Å². The van der Waals surface area contributed by atoms with Gasteiger partial charge in [0.05, 0.1) is 5.56 Å². The summed E-state index contributed by atoms with van der Waals surface area (Å²) >= 11 is 4.23. The molecule has 0 spiro atoms. The lowest BCUT2D eigenvalue weighted by Gasteiger charge is -2.09. The molecule has 5 nitrogen and oxygen atoms in total. The van der Waals surface area contributed by atoms with Crippen molar-refractivity contribution in [3.05, 3.63) is 65.7 Å². The van der Waals surface area contributed by atoms with Crippen molar-refractivity contribution in [3.8, 4) is 0 Å². The van der Waals surface area contributed by atoms with Crippen LogP contribution in [0, 0.1) is 0 Å². The molecular weight excluding hydrogens is 312 g/mol. The second kappa shape index (κ2) is 8.85. The lowest BCUT2D eigenvalue weighted by atomic mass is 10.2. The maximum atomic E-state index is 11.9. The van der Waals surface area contributed by atoms with Gasteiger partial charge in [0.25, 0.3) is 5.91 Å². The zero-order valence-electron chi connectivity index (χ0n) is 12.5. The highest BCUT2D eigenvalue weighted by molar-refractivity contribution is 7.80. The minimum atomic E-state index is -0.516. The highest BCUT2D eigenvalue weighted by atomic mass is 32.1. The molecule has 0 aromatic heterocycles.